The number of nitrogens with one attached hydrogen (secondary N) is 2. The molecule has 2 rings (SSSR count). The summed E-state index contributed by atoms with van der Waals surface area (Å²) in [5, 5.41) is 6.62. The third-order valence-electron chi connectivity index (χ3n) is 4.59. The molecule has 5 heteroatoms. The Kier molecular flexibility index (Phi) is 8.23. The van der Waals surface area contributed by atoms with Gasteiger partial charge in [-0.15, -0.1) is 12.4 Å². The van der Waals surface area contributed by atoms with Crippen LogP contribution >= 0.6 is 12.4 Å². The Bertz CT molecular complexity index is 543. The topological polar surface area (TPSA) is 50.4 Å². The van der Waals surface area contributed by atoms with Crippen LogP contribution < -0.4 is 15.4 Å². The van der Waals surface area contributed by atoms with E-state index in [9.17, 15) is 4.79 Å². The van der Waals surface area contributed by atoms with Crippen molar-refractivity contribution in [3.63, 3.8) is 0 Å². The smallest absolute Gasteiger partial charge is 0.223 e. The van der Waals surface area contributed by atoms with E-state index in [1.54, 1.807) is 0 Å². The van der Waals surface area contributed by atoms with E-state index in [0.29, 0.717) is 18.6 Å². The Hall–Kier alpha value is -1.26. The van der Waals surface area contributed by atoms with Gasteiger partial charge in [-0.05, 0) is 63.8 Å². The van der Waals surface area contributed by atoms with E-state index in [-0.39, 0.29) is 29.8 Å². The number of halogens is 1. The molecule has 4 nitrogen and oxygen atoms in total. The molecule has 1 aliphatic rings. The lowest BCUT2D eigenvalue weighted by molar-refractivity contribution is -0.127. The molecule has 25 heavy (non-hydrogen) atoms. The minimum absolute atomic E-state index is 0. The zero-order valence-corrected chi connectivity index (χ0v) is 16.9. The van der Waals surface area contributed by atoms with Gasteiger partial charge in [0.1, 0.15) is 5.75 Å². The van der Waals surface area contributed by atoms with E-state index in [1.807, 2.05) is 24.3 Å². The fraction of sp³-hybridized carbons (Fsp3) is 0.650. The van der Waals surface area contributed by atoms with Crippen LogP contribution in [0.3, 0.4) is 0 Å². The van der Waals surface area contributed by atoms with Crippen LogP contribution in [-0.4, -0.2) is 25.1 Å². The number of carbonyl (C=O) groups is 1. The van der Waals surface area contributed by atoms with Crippen LogP contribution in [0.5, 0.6) is 5.75 Å². The largest absolute Gasteiger partial charge is 0.493 e. The minimum Gasteiger partial charge on any atom is -0.493 e. The second-order valence-electron chi connectivity index (χ2n) is 7.92. The summed E-state index contributed by atoms with van der Waals surface area (Å²) < 4.78 is 5.73. The van der Waals surface area contributed by atoms with Crippen molar-refractivity contribution in [2.75, 3.05) is 13.2 Å². The molecule has 0 saturated carbocycles. The van der Waals surface area contributed by atoms with E-state index in [1.165, 1.54) is 0 Å². The van der Waals surface area contributed by atoms with Crippen molar-refractivity contribution >= 4 is 18.3 Å². The summed E-state index contributed by atoms with van der Waals surface area (Å²) in [6.45, 7) is 12.2. The van der Waals surface area contributed by atoms with E-state index in [2.05, 4.69) is 45.3 Å². The number of benzene rings is 1. The fourth-order valence-corrected chi connectivity index (χ4v) is 3.08. The second kappa shape index (κ2) is 9.44. The zero-order valence-electron chi connectivity index (χ0n) is 16.1. The highest BCUT2D eigenvalue weighted by Gasteiger charge is 2.29. The molecule has 1 aromatic rings. The van der Waals surface area contributed by atoms with Crippen LogP contribution in [0.1, 0.15) is 53.0 Å². The van der Waals surface area contributed by atoms with Gasteiger partial charge in [-0.1, -0.05) is 26.0 Å². The van der Waals surface area contributed by atoms with Crippen LogP contribution in [0, 0.1) is 11.8 Å². The molecule has 1 amide bonds. The van der Waals surface area contributed by atoms with Crippen molar-refractivity contribution < 1.29 is 9.53 Å². The monoisotopic (exact) mass is 368 g/mol. The maximum atomic E-state index is 12.6. The molecule has 2 N–H and O–H groups in total. The first-order chi connectivity index (χ1) is 11.3. The predicted molar refractivity (Wildman–Crippen MR) is 105 cm³/mol. The third-order valence-corrected chi connectivity index (χ3v) is 4.59. The van der Waals surface area contributed by atoms with E-state index < -0.39 is 0 Å². The maximum absolute atomic E-state index is 12.6. The highest BCUT2D eigenvalue weighted by atomic mass is 35.5. The van der Waals surface area contributed by atoms with Crippen molar-refractivity contribution in [2.45, 2.75) is 59.0 Å². The Labute approximate surface area is 158 Å². The second-order valence-corrected chi connectivity index (χ2v) is 7.92. The number of hydrogen-bond donors (Lipinski definition) is 2. The summed E-state index contributed by atoms with van der Waals surface area (Å²) in [5.41, 5.74) is 0.705. The maximum Gasteiger partial charge on any atom is 0.223 e. The van der Waals surface area contributed by atoms with Gasteiger partial charge in [-0.25, -0.2) is 0 Å². The summed E-state index contributed by atoms with van der Waals surface area (Å²) in [4.78, 5) is 12.6. The lowest BCUT2D eigenvalue weighted by Crippen LogP contribution is -2.48. The van der Waals surface area contributed by atoms with Crippen molar-refractivity contribution in [1.29, 1.82) is 0 Å². The summed E-state index contributed by atoms with van der Waals surface area (Å²) in [5.74, 6) is 1.65. The van der Waals surface area contributed by atoms with E-state index >= 15 is 0 Å². The van der Waals surface area contributed by atoms with Crippen LogP contribution in [0.4, 0.5) is 0 Å². The van der Waals surface area contributed by atoms with Gasteiger partial charge >= 0.3 is 0 Å². The average molecular weight is 369 g/mol. The van der Waals surface area contributed by atoms with Gasteiger partial charge in [0.25, 0.3) is 0 Å². The van der Waals surface area contributed by atoms with Crippen LogP contribution in [-0.2, 0) is 10.3 Å². The quantitative estimate of drug-likeness (QED) is 0.801. The number of amides is 1. The molecule has 1 heterocycles. The Balaban J connectivity index is 0.00000312. The molecule has 1 fully saturated rings. The van der Waals surface area contributed by atoms with Gasteiger partial charge < -0.3 is 15.4 Å². The molecule has 0 radical (unpaired) electrons. The van der Waals surface area contributed by atoms with E-state index in [4.69, 9.17) is 4.74 Å². The number of ether oxygens (including phenoxy) is 1. The lowest BCUT2D eigenvalue weighted by Gasteiger charge is -2.32. The molecule has 1 aliphatic heterocycles. The third kappa shape index (κ3) is 6.52. The van der Waals surface area contributed by atoms with Crippen LogP contribution in [0.2, 0.25) is 0 Å². The number of carbonyl (C=O) groups excluding carboxylic acids is 1. The lowest BCUT2D eigenvalue weighted by atomic mass is 9.89. The minimum atomic E-state index is -0.387. The Morgan fingerprint density at radius 3 is 2.52 bits per heavy atom. The van der Waals surface area contributed by atoms with Gasteiger partial charge in [-0.3, -0.25) is 4.79 Å². The normalized spacial score (nSPS) is 20.7. The summed E-state index contributed by atoms with van der Waals surface area (Å²) in [6, 6.07) is 8.47. The highest BCUT2D eigenvalue weighted by Crippen LogP contribution is 2.25. The zero-order chi connectivity index (χ0) is 17.7. The molecule has 0 aliphatic carbocycles. The molecular formula is C20H33ClN2O2. The summed E-state index contributed by atoms with van der Waals surface area (Å²) in [6.07, 6.45) is 1.82. The number of rotatable bonds is 6. The summed E-state index contributed by atoms with van der Waals surface area (Å²) in [7, 11) is 0. The van der Waals surface area contributed by atoms with Gasteiger partial charge in [0.15, 0.2) is 0 Å². The standard InChI is InChI=1S/C20H32N2O2.ClH/c1-14(2)13-24-18-8-6-17(7-9-18)20(4,5)22-19(23)16-10-11-21-15(3)12-16;/h6-9,14-16,21H,10-13H2,1-5H3,(H,22,23);1H/t15-,16-;/m0./s1. The Morgan fingerprint density at radius 2 is 1.96 bits per heavy atom. The first kappa shape index (κ1) is 21.8. The van der Waals surface area contributed by atoms with E-state index in [0.717, 1.165) is 30.7 Å². The molecule has 1 aromatic carbocycles. The molecule has 0 bridgehead atoms. The molecule has 2 atom stereocenters. The van der Waals surface area contributed by atoms with Gasteiger partial charge in [0, 0.05) is 12.0 Å². The van der Waals surface area contributed by atoms with Gasteiger partial charge in [0.2, 0.25) is 5.91 Å². The number of piperidine rings is 1. The van der Waals surface area contributed by atoms with Crippen molar-refractivity contribution in [1.82, 2.24) is 10.6 Å². The highest BCUT2D eigenvalue weighted by molar-refractivity contribution is 5.85. The predicted octanol–water partition coefficient (Wildman–Crippen LogP) is 3.88. The molecule has 0 aromatic heterocycles. The molecule has 0 unspecified atom stereocenters. The van der Waals surface area contributed by atoms with Gasteiger partial charge in [0.05, 0.1) is 12.1 Å². The average Bonchev–Trinajstić information content (AvgIpc) is 2.53. The Morgan fingerprint density at radius 1 is 1.32 bits per heavy atom. The van der Waals surface area contributed by atoms with Crippen LogP contribution in [0.25, 0.3) is 0 Å². The fourth-order valence-electron chi connectivity index (χ4n) is 3.08. The SMILES string of the molecule is CC(C)COc1ccc(C(C)(C)NC(=O)[C@H]2CCN[C@@H](C)C2)cc1.Cl. The molecule has 0 spiro atoms. The van der Waals surface area contributed by atoms with Gasteiger partial charge in [-0.2, -0.15) is 0 Å². The van der Waals surface area contributed by atoms with Crippen molar-refractivity contribution in [3.05, 3.63) is 29.8 Å². The molecule has 142 valence electrons. The summed E-state index contributed by atoms with van der Waals surface area (Å²) >= 11 is 0. The first-order valence-electron chi connectivity index (χ1n) is 9.06. The molecule has 1 saturated heterocycles. The van der Waals surface area contributed by atoms with Crippen molar-refractivity contribution in [3.8, 4) is 5.75 Å². The number of hydrogen-bond acceptors (Lipinski definition) is 3. The van der Waals surface area contributed by atoms with Crippen LogP contribution in [0.15, 0.2) is 24.3 Å². The molecular weight excluding hydrogens is 336 g/mol. The van der Waals surface area contributed by atoms with Crippen molar-refractivity contribution in [2.24, 2.45) is 11.8 Å². The first-order valence-corrected chi connectivity index (χ1v) is 9.06.